The summed E-state index contributed by atoms with van der Waals surface area (Å²) in [6, 6.07) is 10.5. The minimum atomic E-state index is 0.822. The molecule has 0 amide bonds. The lowest BCUT2D eigenvalue weighted by Crippen LogP contribution is -2.15. The van der Waals surface area contributed by atoms with Crippen molar-refractivity contribution in [3.63, 3.8) is 0 Å². The molecular weight excluding hydrogens is 232 g/mol. The van der Waals surface area contributed by atoms with Gasteiger partial charge in [0.2, 0.25) is 0 Å². The van der Waals surface area contributed by atoms with Gasteiger partial charge in [0.1, 0.15) is 0 Å². The number of para-hydroxylation sites is 1. The first-order valence-electron chi connectivity index (χ1n) is 7.30. The average Bonchev–Trinajstić information content (AvgIpc) is 2.42. The van der Waals surface area contributed by atoms with E-state index in [2.05, 4.69) is 48.4 Å². The number of benzene rings is 1. The van der Waals surface area contributed by atoms with Crippen molar-refractivity contribution in [3.8, 4) is 0 Å². The molecule has 102 valence electrons. The van der Waals surface area contributed by atoms with Crippen LogP contribution in [0.1, 0.15) is 38.7 Å². The summed E-state index contributed by atoms with van der Waals surface area (Å²) in [6.45, 7) is 6.58. The number of nitrogens with zero attached hydrogens (tertiary/aromatic N) is 1. The number of rotatable bonds is 7. The lowest BCUT2D eigenvalue weighted by Gasteiger charge is -2.08. The fourth-order valence-electron chi connectivity index (χ4n) is 2.34. The van der Waals surface area contributed by atoms with Gasteiger partial charge in [0.05, 0.1) is 5.52 Å². The third-order valence-electron chi connectivity index (χ3n) is 3.42. The third kappa shape index (κ3) is 4.32. The van der Waals surface area contributed by atoms with Gasteiger partial charge in [-0.3, -0.25) is 4.98 Å². The Morgan fingerprint density at radius 2 is 1.95 bits per heavy atom. The van der Waals surface area contributed by atoms with Gasteiger partial charge in [-0.15, -0.1) is 0 Å². The van der Waals surface area contributed by atoms with Crippen LogP contribution < -0.4 is 5.32 Å². The van der Waals surface area contributed by atoms with Crippen molar-refractivity contribution in [2.45, 2.75) is 39.7 Å². The standard InChI is InChI=1S/C17H24N2/c1-14(2)7-3-4-11-18-13-16-9-5-8-15-10-6-12-19-17(15)16/h5-6,8-10,12,14,18H,3-4,7,11,13H2,1-2H3. The van der Waals surface area contributed by atoms with E-state index in [1.807, 2.05) is 12.3 Å². The minimum Gasteiger partial charge on any atom is -0.313 e. The second-order valence-electron chi connectivity index (χ2n) is 5.56. The Morgan fingerprint density at radius 3 is 2.79 bits per heavy atom. The van der Waals surface area contributed by atoms with Crippen LogP contribution in [0.3, 0.4) is 0 Å². The van der Waals surface area contributed by atoms with Crippen molar-refractivity contribution in [1.29, 1.82) is 0 Å². The van der Waals surface area contributed by atoms with Crippen LogP contribution in [0.25, 0.3) is 10.9 Å². The molecule has 0 radical (unpaired) electrons. The SMILES string of the molecule is CC(C)CCCCNCc1cccc2cccnc12. The second kappa shape index (κ2) is 7.25. The van der Waals surface area contributed by atoms with E-state index in [9.17, 15) is 0 Å². The smallest absolute Gasteiger partial charge is 0.0746 e. The van der Waals surface area contributed by atoms with Gasteiger partial charge in [-0.2, -0.15) is 0 Å². The van der Waals surface area contributed by atoms with Crippen molar-refractivity contribution < 1.29 is 0 Å². The molecule has 2 aromatic rings. The Hall–Kier alpha value is -1.41. The molecule has 0 aliphatic rings. The molecule has 0 saturated heterocycles. The van der Waals surface area contributed by atoms with Gasteiger partial charge >= 0.3 is 0 Å². The lowest BCUT2D eigenvalue weighted by molar-refractivity contribution is 0.521. The molecule has 1 N–H and O–H groups in total. The van der Waals surface area contributed by atoms with Crippen LogP contribution in [-0.2, 0) is 6.54 Å². The van der Waals surface area contributed by atoms with Crippen molar-refractivity contribution >= 4 is 10.9 Å². The van der Waals surface area contributed by atoms with Crippen molar-refractivity contribution in [2.24, 2.45) is 5.92 Å². The van der Waals surface area contributed by atoms with Crippen LogP contribution in [0.4, 0.5) is 0 Å². The van der Waals surface area contributed by atoms with E-state index in [0.29, 0.717) is 0 Å². The number of hydrogen-bond donors (Lipinski definition) is 1. The van der Waals surface area contributed by atoms with Gasteiger partial charge in [0.15, 0.2) is 0 Å². The maximum absolute atomic E-state index is 4.48. The molecule has 2 heteroatoms. The second-order valence-corrected chi connectivity index (χ2v) is 5.56. The molecule has 19 heavy (non-hydrogen) atoms. The lowest BCUT2D eigenvalue weighted by atomic mass is 10.1. The quantitative estimate of drug-likeness (QED) is 0.753. The fraction of sp³-hybridized carbons (Fsp3) is 0.471. The van der Waals surface area contributed by atoms with Crippen LogP contribution >= 0.6 is 0 Å². The molecule has 1 aromatic heterocycles. The normalized spacial score (nSPS) is 11.3. The molecule has 2 rings (SSSR count). The zero-order valence-corrected chi connectivity index (χ0v) is 12.0. The first-order chi connectivity index (χ1) is 9.27. The van der Waals surface area contributed by atoms with Crippen LogP contribution in [0.5, 0.6) is 0 Å². The van der Waals surface area contributed by atoms with E-state index in [0.717, 1.165) is 24.5 Å². The van der Waals surface area contributed by atoms with Gasteiger partial charge in [-0.25, -0.2) is 0 Å². The monoisotopic (exact) mass is 256 g/mol. The van der Waals surface area contributed by atoms with Gasteiger partial charge < -0.3 is 5.32 Å². The molecule has 0 unspecified atom stereocenters. The summed E-state index contributed by atoms with van der Waals surface area (Å²) < 4.78 is 0. The summed E-state index contributed by atoms with van der Waals surface area (Å²) in [6.07, 6.45) is 5.78. The van der Waals surface area contributed by atoms with E-state index < -0.39 is 0 Å². The first kappa shape index (κ1) is 14.0. The van der Waals surface area contributed by atoms with Crippen LogP contribution in [0, 0.1) is 5.92 Å². The predicted molar refractivity (Wildman–Crippen MR) is 82.1 cm³/mol. The maximum Gasteiger partial charge on any atom is 0.0746 e. The van der Waals surface area contributed by atoms with Gasteiger partial charge in [0, 0.05) is 18.1 Å². The highest BCUT2D eigenvalue weighted by molar-refractivity contribution is 5.81. The Bertz CT molecular complexity index is 500. The predicted octanol–water partition coefficient (Wildman–Crippen LogP) is 4.15. The van der Waals surface area contributed by atoms with Gasteiger partial charge in [0.25, 0.3) is 0 Å². The zero-order chi connectivity index (χ0) is 13.5. The number of fused-ring (bicyclic) bond motifs is 1. The molecule has 2 nitrogen and oxygen atoms in total. The first-order valence-corrected chi connectivity index (χ1v) is 7.30. The van der Waals surface area contributed by atoms with E-state index in [1.165, 1.54) is 30.2 Å². The highest BCUT2D eigenvalue weighted by atomic mass is 14.8. The fourth-order valence-corrected chi connectivity index (χ4v) is 2.34. The highest BCUT2D eigenvalue weighted by Gasteiger charge is 2.01. The molecule has 0 atom stereocenters. The number of pyridine rings is 1. The van der Waals surface area contributed by atoms with Crippen LogP contribution in [0.2, 0.25) is 0 Å². The molecule has 0 fully saturated rings. The maximum atomic E-state index is 4.48. The molecule has 0 aliphatic carbocycles. The summed E-state index contributed by atoms with van der Waals surface area (Å²) in [7, 11) is 0. The van der Waals surface area contributed by atoms with Crippen molar-refractivity contribution in [2.75, 3.05) is 6.54 Å². The number of hydrogen-bond acceptors (Lipinski definition) is 2. The number of nitrogens with one attached hydrogen (secondary N) is 1. The van der Waals surface area contributed by atoms with Gasteiger partial charge in [-0.05, 0) is 30.5 Å². The summed E-state index contributed by atoms with van der Waals surface area (Å²) >= 11 is 0. The molecule has 1 aromatic carbocycles. The zero-order valence-electron chi connectivity index (χ0n) is 12.0. The Morgan fingerprint density at radius 1 is 1.11 bits per heavy atom. The summed E-state index contributed by atoms with van der Waals surface area (Å²) in [5, 5.41) is 4.75. The van der Waals surface area contributed by atoms with E-state index in [4.69, 9.17) is 0 Å². The largest absolute Gasteiger partial charge is 0.313 e. The Labute approximate surface area is 116 Å². The summed E-state index contributed by atoms with van der Waals surface area (Å²) in [4.78, 5) is 4.48. The minimum absolute atomic E-state index is 0.822. The number of unbranched alkanes of at least 4 members (excludes halogenated alkanes) is 1. The van der Waals surface area contributed by atoms with E-state index in [-0.39, 0.29) is 0 Å². The number of aromatic nitrogens is 1. The van der Waals surface area contributed by atoms with Crippen molar-refractivity contribution in [3.05, 3.63) is 42.1 Å². The molecular formula is C17H24N2. The topological polar surface area (TPSA) is 24.9 Å². The molecule has 0 spiro atoms. The summed E-state index contributed by atoms with van der Waals surface area (Å²) in [5.41, 5.74) is 2.42. The molecule has 0 aliphatic heterocycles. The molecule has 0 saturated carbocycles. The van der Waals surface area contributed by atoms with Gasteiger partial charge in [-0.1, -0.05) is 51.0 Å². The van der Waals surface area contributed by atoms with E-state index >= 15 is 0 Å². The van der Waals surface area contributed by atoms with Crippen LogP contribution in [0.15, 0.2) is 36.5 Å². The third-order valence-corrected chi connectivity index (χ3v) is 3.42. The average molecular weight is 256 g/mol. The Balaban J connectivity index is 1.82. The van der Waals surface area contributed by atoms with E-state index in [1.54, 1.807) is 0 Å². The highest BCUT2D eigenvalue weighted by Crippen LogP contribution is 2.15. The molecule has 0 bridgehead atoms. The van der Waals surface area contributed by atoms with Crippen LogP contribution in [-0.4, -0.2) is 11.5 Å². The molecule has 1 heterocycles. The summed E-state index contributed by atoms with van der Waals surface area (Å²) in [5.74, 6) is 0.822. The Kier molecular flexibility index (Phi) is 5.34. The van der Waals surface area contributed by atoms with Crippen molar-refractivity contribution in [1.82, 2.24) is 10.3 Å².